The van der Waals surface area contributed by atoms with E-state index in [2.05, 4.69) is 6.92 Å². The fourth-order valence-electron chi connectivity index (χ4n) is 2.92. The molecule has 0 aliphatic carbocycles. The molecule has 2 heteroatoms. The first-order valence-corrected chi connectivity index (χ1v) is 8.91. The van der Waals surface area contributed by atoms with Gasteiger partial charge in [-0.1, -0.05) is 75.4 Å². The van der Waals surface area contributed by atoms with Gasteiger partial charge >= 0.3 is 5.97 Å². The van der Waals surface area contributed by atoms with Crippen LogP contribution in [0.5, 0.6) is 0 Å². The van der Waals surface area contributed by atoms with E-state index in [-0.39, 0.29) is 12.1 Å². The number of carbonyl (C=O) groups excluding carboxylic acids is 1. The summed E-state index contributed by atoms with van der Waals surface area (Å²) < 4.78 is 5.63. The first-order chi connectivity index (χ1) is 11.2. The van der Waals surface area contributed by atoms with Gasteiger partial charge in [0.25, 0.3) is 0 Å². The van der Waals surface area contributed by atoms with Gasteiger partial charge in [0.1, 0.15) is 0 Å². The molecule has 2 rings (SSSR count). The molecular formula is C21H28O2. The molecule has 0 spiro atoms. The van der Waals surface area contributed by atoms with E-state index in [0.717, 1.165) is 23.6 Å². The van der Waals surface area contributed by atoms with Gasteiger partial charge in [-0.05, 0) is 36.6 Å². The summed E-state index contributed by atoms with van der Waals surface area (Å²) in [6.45, 7) is 4.23. The highest BCUT2D eigenvalue weighted by atomic mass is 16.5. The molecule has 0 bridgehead atoms. The number of unbranched alkanes of at least 4 members (excludes halogenated alkanes) is 5. The van der Waals surface area contributed by atoms with Crippen LogP contribution in [0, 0.1) is 0 Å². The molecule has 0 saturated carbocycles. The van der Waals surface area contributed by atoms with Crippen molar-refractivity contribution in [1.29, 1.82) is 0 Å². The maximum atomic E-state index is 12.4. The summed E-state index contributed by atoms with van der Waals surface area (Å²) >= 11 is 0. The van der Waals surface area contributed by atoms with E-state index in [0.29, 0.717) is 5.56 Å². The van der Waals surface area contributed by atoms with Gasteiger partial charge in [-0.3, -0.25) is 0 Å². The lowest BCUT2D eigenvalue weighted by Gasteiger charge is -2.14. The van der Waals surface area contributed by atoms with Gasteiger partial charge in [-0.25, -0.2) is 4.79 Å². The third kappa shape index (κ3) is 5.38. The second-order valence-corrected chi connectivity index (χ2v) is 6.30. The van der Waals surface area contributed by atoms with E-state index < -0.39 is 0 Å². The van der Waals surface area contributed by atoms with Crippen LogP contribution in [0.15, 0.2) is 42.5 Å². The Morgan fingerprint density at radius 1 is 0.957 bits per heavy atom. The highest BCUT2D eigenvalue weighted by Crippen LogP contribution is 2.20. The van der Waals surface area contributed by atoms with Crippen molar-refractivity contribution in [3.05, 3.63) is 48.0 Å². The average molecular weight is 312 g/mol. The lowest BCUT2D eigenvalue weighted by molar-refractivity contribution is 0.0322. The zero-order chi connectivity index (χ0) is 16.5. The molecule has 0 saturated heterocycles. The second-order valence-electron chi connectivity index (χ2n) is 6.30. The van der Waals surface area contributed by atoms with Crippen LogP contribution in [0.3, 0.4) is 0 Å². The number of carbonyl (C=O) groups is 1. The molecule has 2 aromatic carbocycles. The van der Waals surface area contributed by atoms with Crippen molar-refractivity contribution in [2.45, 2.75) is 64.9 Å². The molecule has 0 amide bonds. The van der Waals surface area contributed by atoms with E-state index in [1.54, 1.807) is 0 Å². The predicted octanol–water partition coefficient (Wildman–Crippen LogP) is 6.14. The topological polar surface area (TPSA) is 26.3 Å². The van der Waals surface area contributed by atoms with Crippen molar-refractivity contribution >= 4 is 16.7 Å². The number of hydrogen-bond acceptors (Lipinski definition) is 2. The molecule has 0 N–H and O–H groups in total. The van der Waals surface area contributed by atoms with Crippen molar-refractivity contribution in [2.75, 3.05) is 0 Å². The van der Waals surface area contributed by atoms with Gasteiger partial charge in [0.05, 0.1) is 11.7 Å². The van der Waals surface area contributed by atoms with Gasteiger partial charge in [0, 0.05) is 0 Å². The van der Waals surface area contributed by atoms with Crippen LogP contribution in [0.4, 0.5) is 0 Å². The molecule has 2 nitrogen and oxygen atoms in total. The monoisotopic (exact) mass is 312 g/mol. The highest BCUT2D eigenvalue weighted by molar-refractivity contribution is 6.04. The summed E-state index contributed by atoms with van der Waals surface area (Å²) in [5.41, 5.74) is 0.665. The van der Waals surface area contributed by atoms with Gasteiger partial charge < -0.3 is 4.74 Å². The first kappa shape index (κ1) is 17.5. The molecule has 2 aromatic rings. The number of hydrogen-bond donors (Lipinski definition) is 0. The Bertz CT molecular complexity index is 613. The summed E-state index contributed by atoms with van der Waals surface area (Å²) in [6.07, 6.45) is 8.50. The summed E-state index contributed by atoms with van der Waals surface area (Å²) in [5, 5.41) is 2.04. The standard InChI is InChI=1S/C21H28O2/c1-3-4-5-6-7-8-12-17(2)23-21(22)20-16-11-14-18-13-9-10-15-19(18)20/h9-11,13-17H,3-8,12H2,1-2H3/t17-/m1/s1. The van der Waals surface area contributed by atoms with Crippen molar-refractivity contribution in [3.63, 3.8) is 0 Å². The van der Waals surface area contributed by atoms with Gasteiger partial charge in [0.15, 0.2) is 0 Å². The second kappa shape index (κ2) is 9.34. The summed E-state index contributed by atoms with van der Waals surface area (Å²) in [4.78, 5) is 12.4. The van der Waals surface area contributed by atoms with E-state index in [1.807, 2.05) is 49.4 Å². The minimum absolute atomic E-state index is 0.0207. The van der Waals surface area contributed by atoms with Crippen molar-refractivity contribution in [2.24, 2.45) is 0 Å². The number of ether oxygens (including phenoxy) is 1. The summed E-state index contributed by atoms with van der Waals surface area (Å²) in [5.74, 6) is -0.208. The minimum Gasteiger partial charge on any atom is -0.459 e. The van der Waals surface area contributed by atoms with Crippen LogP contribution in [-0.2, 0) is 4.74 Å². The molecule has 0 radical (unpaired) electrons. The molecule has 0 aliphatic heterocycles. The van der Waals surface area contributed by atoms with E-state index >= 15 is 0 Å². The molecule has 0 aliphatic rings. The van der Waals surface area contributed by atoms with Gasteiger partial charge in [-0.2, -0.15) is 0 Å². The lowest BCUT2D eigenvalue weighted by Crippen LogP contribution is -2.15. The maximum Gasteiger partial charge on any atom is 0.339 e. The third-order valence-electron chi connectivity index (χ3n) is 4.28. The van der Waals surface area contributed by atoms with E-state index in [1.165, 1.54) is 32.1 Å². The fourth-order valence-corrected chi connectivity index (χ4v) is 2.92. The zero-order valence-corrected chi connectivity index (χ0v) is 14.4. The van der Waals surface area contributed by atoms with Crippen LogP contribution in [-0.4, -0.2) is 12.1 Å². The SMILES string of the molecule is CCCCCCCC[C@@H](C)OC(=O)c1cccc2ccccc12. The molecule has 0 fully saturated rings. The Balaban J connectivity index is 1.83. The number of fused-ring (bicyclic) bond motifs is 1. The average Bonchev–Trinajstić information content (AvgIpc) is 2.57. The molecule has 0 unspecified atom stereocenters. The Morgan fingerprint density at radius 3 is 2.48 bits per heavy atom. The Kier molecular flexibility index (Phi) is 7.12. The first-order valence-electron chi connectivity index (χ1n) is 8.91. The lowest BCUT2D eigenvalue weighted by atomic mass is 10.0. The molecule has 0 heterocycles. The predicted molar refractivity (Wildman–Crippen MR) is 96.8 cm³/mol. The number of esters is 1. The molecule has 1 atom stereocenters. The summed E-state index contributed by atoms with van der Waals surface area (Å²) in [6, 6.07) is 13.7. The minimum atomic E-state index is -0.208. The van der Waals surface area contributed by atoms with Gasteiger partial charge in [-0.15, -0.1) is 0 Å². The fraction of sp³-hybridized carbons (Fsp3) is 0.476. The van der Waals surface area contributed by atoms with Crippen LogP contribution in [0.1, 0.15) is 69.2 Å². The van der Waals surface area contributed by atoms with E-state index in [9.17, 15) is 4.79 Å². The van der Waals surface area contributed by atoms with Crippen LogP contribution < -0.4 is 0 Å². The van der Waals surface area contributed by atoms with Crippen LogP contribution >= 0.6 is 0 Å². The highest BCUT2D eigenvalue weighted by Gasteiger charge is 2.14. The van der Waals surface area contributed by atoms with Crippen molar-refractivity contribution in [3.8, 4) is 0 Å². The number of benzene rings is 2. The van der Waals surface area contributed by atoms with Crippen LogP contribution in [0.2, 0.25) is 0 Å². The molecule has 0 aromatic heterocycles. The smallest absolute Gasteiger partial charge is 0.339 e. The van der Waals surface area contributed by atoms with Crippen molar-refractivity contribution < 1.29 is 9.53 Å². The molecular weight excluding hydrogens is 284 g/mol. The number of rotatable bonds is 9. The Morgan fingerprint density at radius 2 is 1.65 bits per heavy atom. The zero-order valence-electron chi connectivity index (χ0n) is 14.4. The Hall–Kier alpha value is -1.83. The van der Waals surface area contributed by atoms with Crippen molar-refractivity contribution in [1.82, 2.24) is 0 Å². The third-order valence-corrected chi connectivity index (χ3v) is 4.28. The maximum absolute atomic E-state index is 12.4. The Labute approximate surface area is 139 Å². The normalized spacial score (nSPS) is 12.3. The summed E-state index contributed by atoms with van der Waals surface area (Å²) in [7, 11) is 0. The molecule has 23 heavy (non-hydrogen) atoms. The van der Waals surface area contributed by atoms with Crippen LogP contribution in [0.25, 0.3) is 10.8 Å². The molecule has 124 valence electrons. The van der Waals surface area contributed by atoms with Gasteiger partial charge in [0.2, 0.25) is 0 Å². The quantitative estimate of drug-likeness (QED) is 0.411. The largest absolute Gasteiger partial charge is 0.459 e. The van der Waals surface area contributed by atoms with E-state index in [4.69, 9.17) is 4.74 Å².